The lowest BCUT2D eigenvalue weighted by Gasteiger charge is -2.17. The monoisotopic (exact) mass is 608 g/mol. The zero-order valence-electron chi connectivity index (χ0n) is 18.7. The van der Waals surface area contributed by atoms with Crippen molar-refractivity contribution in [3.05, 3.63) is 100 Å². The number of nitrogens with zero attached hydrogens (tertiary/aromatic N) is 2. The van der Waals surface area contributed by atoms with Crippen molar-refractivity contribution in [2.24, 2.45) is 5.14 Å². The SMILES string of the molecule is NS(=O)(=O)c1ccc(-n2nc(C(=O)NC(O[PH](=O)O)c3ccc(Br)cc3)cc2-c2ccccc2F)cc1. The molecule has 0 bridgehead atoms. The van der Waals surface area contributed by atoms with Gasteiger partial charge in [-0.25, -0.2) is 22.6 Å². The van der Waals surface area contributed by atoms with Crippen LogP contribution in [-0.2, 0) is 19.1 Å². The first kappa shape index (κ1) is 26.9. The number of carbonyl (C=O) groups is 1. The number of nitrogens with two attached hydrogens (primary N) is 1. The van der Waals surface area contributed by atoms with Gasteiger partial charge in [0.05, 0.1) is 16.3 Å². The number of aromatic nitrogens is 2. The topological polar surface area (TPSA) is 154 Å². The summed E-state index contributed by atoms with van der Waals surface area (Å²) in [5, 5.41) is 12.0. The Morgan fingerprint density at radius 3 is 2.35 bits per heavy atom. The minimum Gasteiger partial charge on any atom is -0.326 e. The van der Waals surface area contributed by atoms with E-state index in [2.05, 4.69) is 26.3 Å². The maximum atomic E-state index is 14.7. The number of halogens is 2. The molecule has 0 aliphatic carbocycles. The second-order valence-electron chi connectivity index (χ2n) is 7.63. The van der Waals surface area contributed by atoms with E-state index in [0.717, 1.165) is 4.47 Å². The third-order valence-corrected chi connectivity index (χ3v) is 7.05. The van der Waals surface area contributed by atoms with Crippen LogP contribution >= 0.6 is 24.2 Å². The molecule has 10 nitrogen and oxygen atoms in total. The number of carbonyl (C=O) groups excluding carboxylic acids is 1. The molecule has 0 spiro atoms. The summed E-state index contributed by atoms with van der Waals surface area (Å²) in [6.07, 6.45) is -1.27. The largest absolute Gasteiger partial charge is 0.326 e. The third kappa shape index (κ3) is 6.39. The molecule has 1 aromatic heterocycles. The van der Waals surface area contributed by atoms with Gasteiger partial charge in [-0.15, -0.1) is 0 Å². The van der Waals surface area contributed by atoms with Crippen molar-refractivity contribution in [1.29, 1.82) is 0 Å². The number of sulfonamides is 1. The number of benzene rings is 3. The van der Waals surface area contributed by atoms with Crippen LogP contribution in [0, 0.1) is 5.82 Å². The van der Waals surface area contributed by atoms with E-state index in [-0.39, 0.29) is 21.8 Å². The first-order valence-electron chi connectivity index (χ1n) is 10.5. The van der Waals surface area contributed by atoms with Gasteiger partial charge in [0, 0.05) is 15.6 Å². The smallest absolute Gasteiger partial charge is 0.318 e. The van der Waals surface area contributed by atoms with E-state index in [4.69, 9.17) is 9.66 Å². The molecule has 4 aromatic rings. The Kier molecular flexibility index (Phi) is 8.02. The van der Waals surface area contributed by atoms with Crippen LogP contribution in [0.2, 0.25) is 0 Å². The molecule has 1 heterocycles. The zero-order valence-corrected chi connectivity index (χ0v) is 22.1. The Hall–Kier alpha value is -3.19. The van der Waals surface area contributed by atoms with Crippen molar-refractivity contribution in [3.63, 3.8) is 0 Å². The first-order chi connectivity index (χ1) is 17.5. The van der Waals surface area contributed by atoms with Gasteiger partial charge in [-0.3, -0.25) is 13.9 Å². The van der Waals surface area contributed by atoms with Gasteiger partial charge < -0.3 is 10.2 Å². The fourth-order valence-corrected chi connectivity index (χ4v) is 4.62. The molecular formula is C23H19BrFN4O6PS. The molecule has 0 saturated carbocycles. The van der Waals surface area contributed by atoms with Gasteiger partial charge in [-0.2, -0.15) is 5.10 Å². The molecule has 0 fully saturated rings. The van der Waals surface area contributed by atoms with Crippen LogP contribution in [0.1, 0.15) is 22.3 Å². The summed E-state index contributed by atoms with van der Waals surface area (Å²) < 4.78 is 56.4. The Morgan fingerprint density at radius 1 is 1.11 bits per heavy atom. The van der Waals surface area contributed by atoms with Crippen molar-refractivity contribution in [2.45, 2.75) is 11.1 Å². The first-order valence-corrected chi connectivity index (χ1v) is 14.1. The molecule has 3 aromatic carbocycles. The van der Waals surface area contributed by atoms with Gasteiger partial charge in [0.2, 0.25) is 10.0 Å². The summed E-state index contributed by atoms with van der Waals surface area (Å²) in [6.45, 7) is 0. The van der Waals surface area contributed by atoms with Crippen molar-refractivity contribution in [1.82, 2.24) is 15.1 Å². The average molecular weight is 609 g/mol. The van der Waals surface area contributed by atoms with Crippen LogP contribution in [0.15, 0.2) is 88.2 Å². The summed E-state index contributed by atoms with van der Waals surface area (Å²) >= 11 is 3.29. The minimum absolute atomic E-state index is 0.130. The average Bonchev–Trinajstić information content (AvgIpc) is 3.29. The normalized spacial score (nSPS) is 13.2. The van der Waals surface area contributed by atoms with Crippen molar-refractivity contribution < 1.29 is 31.6 Å². The number of hydrogen-bond donors (Lipinski definition) is 3. The van der Waals surface area contributed by atoms with Gasteiger partial charge in [0.1, 0.15) is 5.82 Å². The van der Waals surface area contributed by atoms with Crippen LogP contribution < -0.4 is 10.5 Å². The van der Waals surface area contributed by atoms with Gasteiger partial charge in [-0.05, 0) is 54.6 Å². The molecular weight excluding hydrogens is 590 g/mol. The molecule has 0 radical (unpaired) electrons. The summed E-state index contributed by atoms with van der Waals surface area (Å²) in [5.41, 5.74) is 0.897. The molecule has 2 atom stereocenters. The van der Waals surface area contributed by atoms with E-state index in [1.54, 1.807) is 30.3 Å². The fraction of sp³-hybridized carbons (Fsp3) is 0.0435. The van der Waals surface area contributed by atoms with Gasteiger partial charge in [0.25, 0.3) is 5.91 Å². The molecule has 14 heteroatoms. The summed E-state index contributed by atoms with van der Waals surface area (Å²) in [5.74, 6) is -1.35. The molecule has 0 aliphatic rings. The molecule has 4 N–H and O–H groups in total. The number of amides is 1. The molecule has 2 unspecified atom stereocenters. The minimum atomic E-state index is -3.95. The zero-order chi connectivity index (χ0) is 26.7. The third-order valence-electron chi connectivity index (χ3n) is 5.16. The van der Waals surface area contributed by atoms with Crippen LogP contribution in [0.3, 0.4) is 0 Å². The molecule has 192 valence electrons. The van der Waals surface area contributed by atoms with Crippen molar-refractivity contribution >= 4 is 40.1 Å². The fourth-order valence-electron chi connectivity index (χ4n) is 3.44. The summed E-state index contributed by atoms with van der Waals surface area (Å²) in [6, 6.07) is 19.0. The lowest BCUT2D eigenvalue weighted by Crippen LogP contribution is -2.29. The van der Waals surface area contributed by atoms with Crippen molar-refractivity contribution in [3.8, 4) is 16.9 Å². The maximum absolute atomic E-state index is 14.7. The van der Waals surface area contributed by atoms with E-state index < -0.39 is 36.2 Å². The van der Waals surface area contributed by atoms with E-state index >= 15 is 0 Å². The highest BCUT2D eigenvalue weighted by Gasteiger charge is 2.23. The standard InChI is InChI=1S/C23H19BrFN4O6PS/c24-15-7-5-14(6-8-15)23(35-36(31)32)27-22(30)20-13-21(18-3-1-2-4-19(18)25)29(28-20)16-9-11-17(12-10-16)37(26,33)34/h1-13,23,36H,(H,27,30)(H,31,32)(H2,26,33,34). The highest BCUT2D eigenvalue weighted by Crippen LogP contribution is 2.30. The second kappa shape index (κ2) is 11.1. The quantitative estimate of drug-likeness (QED) is 0.202. The van der Waals surface area contributed by atoms with Crippen LogP contribution in [-0.4, -0.2) is 29.0 Å². The Balaban J connectivity index is 1.75. The Bertz CT molecular complexity index is 1580. The predicted octanol–water partition coefficient (Wildman–Crippen LogP) is 3.92. The lowest BCUT2D eigenvalue weighted by atomic mass is 10.1. The van der Waals surface area contributed by atoms with Crippen LogP contribution in [0.25, 0.3) is 16.9 Å². The molecule has 1 amide bonds. The van der Waals surface area contributed by atoms with Crippen LogP contribution in [0.4, 0.5) is 4.39 Å². The Morgan fingerprint density at radius 2 is 1.76 bits per heavy atom. The molecule has 0 aliphatic heterocycles. The van der Waals surface area contributed by atoms with E-state index in [1.165, 1.54) is 53.2 Å². The number of nitrogens with one attached hydrogen (secondary N) is 1. The number of rotatable bonds is 8. The predicted molar refractivity (Wildman–Crippen MR) is 137 cm³/mol. The highest BCUT2D eigenvalue weighted by molar-refractivity contribution is 9.10. The lowest BCUT2D eigenvalue weighted by molar-refractivity contribution is 0.0817. The van der Waals surface area contributed by atoms with E-state index in [0.29, 0.717) is 11.3 Å². The molecule has 4 rings (SSSR count). The summed E-state index contributed by atoms with van der Waals surface area (Å²) in [4.78, 5) is 22.3. The second-order valence-corrected chi connectivity index (χ2v) is 10.9. The van der Waals surface area contributed by atoms with Crippen LogP contribution in [0.5, 0.6) is 0 Å². The maximum Gasteiger partial charge on any atom is 0.318 e. The van der Waals surface area contributed by atoms with Crippen molar-refractivity contribution in [2.75, 3.05) is 0 Å². The summed E-state index contributed by atoms with van der Waals surface area (Å²) in [7, 11) is -7.38. The Labute approximate surface area is 220 Å². The molecule has 0 saturated heterocycles. The van der Waals surface area contributed by atoms with E-state index in [9.17, 15) is 27.1 Å². The van der Waals surface area contributed by atoms with Gasteiger partial charge in [0.15, 0.2) is 11.9 Å². The van der Waals surface area contributed by atoms with Gasteiger partial charge in [-0.1, -0.05) is 40.2 Å². The van der Waals surface area contributed by atoms with E-state index in [1.807, 2.05) is 0 Å². The highest BCUT2D eigenvalue weighted by atomic mass is 79.9. The van der Waals surface area contributed by atoms with Gasteiger partial charge >= 0.3 is 8.25 Å². The molecule has 37 heavy (non-hydrogen) atoms. The number of primary sulfonamides is 1. The number of hydrogen-bond acceptors (Lipinski definition) is 6.